The number of nitrogens with zero attached hydrogens (tertiary/aromatic N) is 2. The highest BCUT2D eigenvalue weighted by Crippen LogP contribution is 2.37. The van der Waals surface area contributed by atoms with E-state index in [4.69, 9.17) is 15.4 Å². The molecule has 0 fully saturated rings. The number of benzene rings is 7. The van der Waals surface area contributed by atoms with E-state index in [1.807, 2.05) is 78.2 Å². The molecule has 8 aromatic rings. The lowest BCUT2D eigenvalue weighted by molar-refractivity contribution is 1.40. The Morgan fingerprint density at radius 1 is 0.511 bits per heavy atom. The molecule has 0 radical (unpaired) electrons. The van der Waals surface area contributed by atoms with Gasteiger partial charge in [0.25, 0.3) is 0 Å². The number of hydrogen-bond donors (Lipinski definition) is 1. The number of hydrogen-bond acceptors (Lipinski definition) is 2. The van der Waals surface area contributed by atoms with Crippen molar-refractivity contribution in [2.75, 3.05) is 0 Å². The monoisotopic (exact) mass is 619 g/mol. The molecular weight excluding hydrogens is 591 g/mol. The van der Waals surface area contributed by atoms with Crippen LogP contribution in [0.15, 0.2) is 174 Å². The summed E-state index contributed by atoms with van der Waals surface area (Å²) in [4.78, 5) is 9.66. The van der Waals surface area contributed by atoms with Gasteiger partial charge in [-0.25, -0.2) is 9.98 Å². The Morgan fingerprint density at radius 3 is 1.91 bits per heavy atom. The zero-order valence-corrected chi connectivity index (χ0v) is 26.3. The van der Waals surface area contributed by atoms with Crippen molar-refractivity contribution in [1.82, 2.24) is 0 Å². The van der Waals surface area contributed by atoms with E-state index in [1.54, 1.807) is 0 Å². The van der Waals surface area contributed by atoms with Crippen LogP contribution < -0.4 is 0 Å². The van der Waals surface area contributed by atoms with Crippen LogP contribution in [0.1, 0.15) is 16.7 Å². The second-order valence-corrected chi connectivity index (χ2v) is 12.5. The minimum Gasteiger partial charge on any atom is -0.282 e. The lowest BCUT2D eigenvalue weighted by Gasteiger charge is -2.12. The molecule has 0 saturated heterocycles. The molecule has 7 aromatic carbocycles. The van der Waals surface area contributed by atoms with Crippen LogP contribution in [0.5, 0.6) is 0 Å². The molecule has 3 nitrogen and oxygen atoms in total. The van der Waals surface area contributed by atoms with Gasteiger partial charge in [0.05, 0.1) is 0 Å². The number of nitrogens with one attached hydrogen (secondary N) is 1. The fourth-order valence-electron chi connectivity index (χ4n) is 6.08. The third-order valence-corrected chi connectivity index (χ3v) is 9.64. The zero-order chi connectivity index (χ0) is 31.6. The van der Waals surface area contributed by atoms with E-state index >= 15 is 0 Å². The number of fused-ring (bicyclic) bond motifs is 4. The summed E-state index contributed by atoms with van der Waals surface area (Å²) in [7, 11) is 0. The summed E-state index contributed by atoms with van der Waals surface area (Å²) in [5.74, 6) is 0.661. The highest BCUT2D eigenvalue weighted by molar-refractivity contribution is 7.25. The third-order valence-electron chi connectivity index (χ3n) is 8.49. The quantitative estimate of drug-likeness (QED) is 0.147. The van der Waals surface area contributed by atoms with Gasteiger partial charge in [0.15, 0.2) is 11.7 Å². The summed E-state index contributed by atoms with van der Waals surface area (Å²) in [6.07, 6.45) is 1.91. The molecule has 0 unspecified atom stereocenters. The first-order valence-electron chi connectivity index (χ1n) is 15.6. The van der Waals surface area contributed by atoms with E-state index in [0.29, 0.717) is 5.84 Å². The standard InChI is InChI=1S/C43H29N3S/c44-42(32-12-3-1-4-13-32)46-43(33-14-5-2-6-15-33)45-28-39-35-16-8-7-11-30(35)23-25-36(39)31-21-19-29(20-22-31)34-24-26-41-38(27-34)37-17-9-10-18-40(37)47-41/h1-28,44H. The van der Waals surface area contributed by atoms with Crippen LogP contribution in [-0.4, -0.2) is 17.9 Å². The number of rotatable bonds is 5. The van der Waals surface area contributed by atoms with Gasteiger partial charge in [-0.05, 0) is 51.2 Å². The van der Waals surface area contributed by atoms with Crippen LogP contribution in [0.2, 0.25) is 0 Å². The normalized spacial score (nSPS) is 12.0. The Labute approximate surface area is 277 Å². The van der Waals surface area contributed by atoms with Crippen LogP contribution in [0, 0.1) is 5.41 Å². The Morgan fingerprint density at radius 2 is 1.13 bits per heavy atom. The van der Waals surface area contributed by atoms with E-state index in [0.717, 1.165) is 38.6 Å². The van der Waals surface area contributed by atoms with E-state index in [-0.39, 0.29) is 5.84 Å². The lowest BCUT2D eigenvalue weighted by Crippen LogP contribution is -2.05. The second kappa shape index (κ2) is 12.4. The maximum absolute atomic E-state index is 8.71. The zero-order valence-electron chi connectivity index (χ0n) is 25.5. The van der Waals surface area contributed by atoms with Crippen LogP contribution in [0.4, 0.5) is 0 Å². The SMILES string of the molecule is N=C(N=C(N=Cc1c(-c2ccc(-c3ccc4sc5ccccc5c4c3)cc2)ccc2ccccc12)c1ccccc1)c1ccccc1. The Bertz CT molecular complexity index is 2460. The molecule has 0 saturated carbocycles. The van der Waals surface area contributed by atoms with Gasteiger partial charge >= 0.3 is 0 Å². The topological polar surface area (TPSA) is 48.6 Å². The van der Waals surface area contributed by atoms with Gasteiger partial charge in [0, 0.05) is 43.1 Å². The summed E-state index contributed by atoms with van der Waals surface area (Å²) in [5.41, 5.74) is 7.19. The highest BCUT2D eigenvalue weighted by atomic mass is 32.1. The van der Waals surface area contributed by atoms with Crippen molar-refractivity contribution in [1.29, 1.82) is 5.41 Å². The van der Waals surface area contributed by atoms with Gasteiger partial charge in [-0.3, -0.25) is 5.41 Å². The van der Waals surface area contributed by atoms with Gasteiger partial charge in [-0.2, -0.15) is 0 Å². The number of aliphatic imine (C=N–C) groups is 2. The Kier molecular flexibility index (Phi) is 7.54. The molecule has 0 bridgehead atoms. The third kappa shape index (κ3) is 5.67. The van der Waals surface area contributed by atoms with Crippen LogP contribution in [-0.2, 0) is 0 Å². The molecule has 0 aliphatic heterocycles. The molecule has 0 amide bonds. The summed E-state index contributed by atoms with van der Waals surface area (Å²) in [5, 5.41) is 13.6. The number of thiophene rings is 1. The maximum Gasteiger partial charge on any atom is 0.161 e. The van der Waals surface area contributed by atoms with Gasteiger partial charge in [-0.1, -0.05) is 146 Å². The van der Waals surface area contributed by atoms with E-state index in [1.165, 1.54) is 31.3 Å². The van der Waals surface area contributed by atoms with Crippen molar-refractivity contribution in [2.24, 2.45) is 9.98 Å². The first kappa shape index (κ1) is 28.5. The molecule has 1 heterocycles. The van der Waals surface area contributed by atoms with Gasteiger partial charge < -0.3 is 0 Å². The van der Waals surface area contributed by atoms with Gasteiger partial charge in [0.2, 0.25) is 0 Å². The number of amidine groups is 2. The fraction of sp³-hybridized carbons (Fsp3) is 0. The predicted octanol–water partition coefficient (Wildman–Crippen LogP) is 11.4. The largest absolute Gasteiger partial charge is 0.282 e. The first-order chi connectivity index (χ1) is 23.2. The van der Waals surface area contributed by atoms with E-state index in [9.17, 15) is 0 Å². The summed E-state index contributed by atoms with van der Waals surface area (Å²) >= 11 is 1.84. The van der Waals surface area contributed by atoms with Crippen molar-refractivity contribution >= 4 is 60.2 Å². The van der Waals surface area contributed by atoms with Crippen molar-refractivity contribution < 1.29 is 0 Å². The summed E-state index contributed by atoms with van der Waals surface area (Å²) in [6, 6.07) is 56.4. The fourth-order valence-corrected chi connectivity index (χ4v) is 7.17. The van der Waals surface area contributed by atoms with Crippen LogP contribution in [0.3, 0.4) is 0 Å². The molecule has 222 valence electrons. The molecule has 47 heavy (non-hydrogen) atoms. The summed E-state index contributed by atoms with van der Waals surface area (Å²) in [6.45, 7) is 0. The van der Waals surface area contributed by atoms with Crippen LogP contribution in [0.25, 0.3) is 53.2 Å². The van der Waals surface area contributed by atoms with Crippen molar-refractivity contribution in [3.05, 3.63) is 180 Å². The molecule has 1 aromatic heterocycles. The van der Waals surface area contributed by atoms with Gasteiger partial charge in [-0.15, -0.1) is 11.3 Å². The molecule has 0 spiro atoms. The maximum atomic E-state index is 8.71. The Balaban J connectivity index is 1.20. The minimum atomic E-state index is 0.170. The van der Waals surface area contributed by atoms with Gasteiger partial charge in [0.1, 0.15) is 0 Å². The molecule has 1 N–H and O–H groups in total. The molecule has 0 aliphatic rings. The molecule has 0 aliphatic carbocycles. The first-order valence-corrected chi connectivity index (χ1v) is 16.4. The second-order valence-electron chi connectivity index (χ2n) is 11.4. The lowest BCUT2D eigenvalue weighted by atomic mass is 9.93. The average molecular weight is 620 g/mol. The average Bonchev–Trinajstić information content (AvgIpc) is 3.52. The van der Waals surface area contributed by atoms with Crippen LogP contribution >= 0.6 is 11.3 Å². The minimum absolute atomic E-state index is 0.170. The van der Waals surface area contributed by atoms with Crippen molar-refractivity contribution in [2.45, 2.75) is 0 Å². The van der Waals surface area contributed by atoms with E-state index < -0.39 is 0 Å². The predicted molar refractivity (Wildman–Crippen MR) is 202 cm³/mol. The van der Waals surface area contributed by atoms with Crippen molar-refractivity contribution in [3.63, 3.8) is 0 Å². The Hall–Kier alpha value is -5.97. The van der Waals surface area contributed by atoms with E-state index in [2.05, 4.69) is 103 Å². The summed E-state index contributed by atoms with van der Waals surface area (Å²) < 4.78 is 2.63. The molecule has 0 atom stereocenters. The molecular formula is C43H29N3S. The highest BCUT2D eigenvalue weighted by Gasteiger charge is 2.12. The van der Waals surface area contributed by atoms with Crippen molar-refractivity contribution in [3.8, 4) is 22.3 Å². The molecule has 4 heteroatoms. The smallest absolute Gasteiger partial charge is 0.161 e. The molecule has 8 rings (SSSR count).